The summed E-state index contributed by atoms with van der Waals surface area (Å²) in [6, 6.07) is 50.0. The topological polar surface area (TPSA) is 86.2 Å². The predicted octanol–water partition coefficient (Wildman–Crippen LogP) is 13.1. The lowest BCUT2D eigenvalue weighted by atomic mass is 9.41. The van der Waals surface area contributed by atoms with Gasteiger partial charge in [0.2, 0.25) is 0 Å². The molecule has 0 aliphatic heterocycles. The molecule has 2 unspecified atom stereocenters. The van der Waals surface area contributed by atoms with E-state index in [2.05, 4.69) is 111 Å². The van der Waals surface area contributed by atoms with Crippen LogP contribution in [0.3, 0.4) is 0 Å². The molecular weight excluding hydrogens is 751 g/mol. The minimum absolute atomic E-state index is 0.148. The van der Waals surface area contributed by atoms with Crippen LogP contribution in [-0.2, 0) is 16.2 Å². The SMILES string of the molecule is CC1(C)c2cc(C#N)ccc2-c2c(-c3nc(-c4ccccc4)nc(-c4ccc(C56CC7CC(C5)CC(c5ccc8c(c5)sc5cc(C#N)ccc58)(C7)C6)cc4)n3)cccc21. The van der Waals surface area contributed by atoms with E-state index in [0.29, 0.717) is 23.0 Å². The Morgan fingerprint density at radius 2 is 1.15 bits per heavy atom. The summed E-state index contributed by atoms with van der Waals surface area (Å²) >= 11 is 1.83. The second-order valence-electron chi connectivity index (χ2n) is 18.6. The molecule has 0 spiro atoms. The Labute approximate surface area is 354 Å². The molecule has 4 fully saturated rings. The summed E-state index contributed by atoms with van der Waals surface area (Å²) in [5, 5.41) is 21.8. The zero-order valence-electron chi connectivity index (χ0n) is 33.7. The molecule has 5 aliphatic carbocycles. The van der Waals surface area contributed by atoms with Gasteiger partial charge in [0, 0.05) is 42.3 Å². The van der Waals surface area contributed by atoms with E-state index in [1.807, 2.05) is 53.8 Å². The van der Waals surface area contributed by atoms with Crippen molar-refractivity contribution >= 4 is 31.5 Å². The maximum absolute atomic E-state index is 9.75. The van der Waals surface area contributed by atoms with Crippen LogP contribution in [0, 0.1) is 34.5 Å². The van der Waals surface area contributed by atoms with Crippen molar-refractivity contribution in [1.29, 1.82) is 10.5 Å². The molecule has 4 saturated carbocycles. The molecule has 6 heteroatoms. The molecule has 6 aromatic carbocycles. The van der Waals surface area contributed by atoms with Crippen LogP contribution in [0.25, 0.3) is 65.5 Å². The monoisotopic (exact) mass is 791 g/mol. The average molecular weight is 792 g/mol. The van der Waals surface area contributed by atoms with E-state index in [1.54, 1.807) is 0 Å². The highest BCUT2D eigenvalue weighted by atomic mass is 32.1. The van der Waals surface area contributed by atoms with Crippen LogP contribution < -0.4 is 0 Å². The third kappa shape index (κ3) is 5.24. The number of nitriles is 2. The summed E-state index contributed by atoms with van der Waals surface area (Å²) in [6.07, 6.45) is 7.60. The number of hydrogen-bond donors (Lipinski definition) is 0. The van der Waals surface area contributed by atoms with Crippen molar-refractivity contribution in [3.05, 3.63) is 161 Å². The Morgan fingerprint density at radius 3 is 1.87 bits per heavy atom. The first kappa shape index (κ1) is 35.5. The van der Waals surface area contributed by atoms with E-state index >= 15 is 0 Å². The second-order valence-corrected chi connectivity index (χ2v) is 19.7. The molecule has 0 saturated heterocycles. The molecular formula is C54H41N5S. The normalized spacial score (nSPS) is 23.0. The van der Waals surface area contributed by atoms with Gasteiger partial charge in [0.05, 0.1) is 23.3 Å². The highest BCUT2D eigenvalue weighted by Crippen LogP contribution is 2.66. The molecule has 13 rings (SSSR count). The Hall–Kier alpha value is -6.47. The Morgan fingerprint density at radius 1 is 0.550 bits per heavy atom. The van der Waals surface area contributed by atoms with Crippen molar-refractivity contribution in [3.8, 4) is 57.4 Å². The summed E-state index contributed by atoms with van der Waals surface area (Å²) in [4.78, 5) is 15.6. The van der Waals surface area contributed by atoms with Crippen LogP contribution >= 0.6 is 11.3 Å². The average Bonchev–Trinajstić information content (AvgIpc) is 3.76. The number of aromatic nitrogens is 3. The van der Waals surface area contributed by atoms with Gasteiger partial charge in [-0.05, 0) is 125 Å². The lowest BCUT2D eigenvalue weighted by Crippen LogP contribution is -2.55. The molecule has 5 aliphatic rings. The molecule has 2 atom stereocenters. The van der Waals surface area contributed by atoms with Gasteiger partial charge in [0.1, 0.15) is 0 Å². The number of thiophene rings is 1. The molecule has 5 nitrogen and oxygen atoms in total. The smallest absolute Gasteiger partial charge is 0.164 e. The predicted molar refractivity (Wildman–Crippen MR) is 240 cm³/mol. The highest BCUT2D eigenvalue weighted by Gasteiger charge is 2.58. The van der Waals surface area contributed by atoms with Gasteiger partial charge < -0.3 is 0 Å². The van der Waals surface area contributed by atoms with Crippen LogP contribution in [0.2, 0.25) is 0 Å². The Bertz CT molecular complexity index is 3170. The summed E-state index contributed by atoms with van der Waals surface area (Å²) in [7, 11) is 0. The van der Waals surface area contributed by atoms with E-state index < -0.39 is 0 Å². The molecule has 288 valence electrons. The van der Waals surface area contributed by atoms with Gasteiger partial charge in [0.15, 0.2) is 17.5 Å². The summed E-state index contributed by atoms with van der Waals surface area (Å²) < 4.78 is 2.53. The third-order valence-electron chi connectivity index (χ3n) is 14.8. The lowest BCUT2D eigenvalue weighted by molar-refractivity contribution is -0.0280. The Balaban J connectivity index is 0.930. The van der Waals surface area contributed by atoms with Crippen LogP contribution in [0.15, 0.2) is 127 Å². The quantitative estimate of drug-likeness (QED) is 0.173. The van der Waals surface area contributed by atoms with Crippen LogP contribution in [0.1, 0.15) is 85.8 Å². The number of fused-ring (bicyclic) bond motifs is 6. The molecule has 0 radical (unpaired) electrons. The van der Waals surface area contributed by atoms with Crippen molar-refractivity contribution in [2.45, 2.75) is 68.6 Å². The molecule has 0 N–H and O–H groups in total. The minimum atomic E-state index is -0.272. The van der Waals surface area contributed by atoms with Gasteiger partial charge in [-0.25, -0.2) is 15.0 Å². The van der Waals surface area contributed by atoms with Gasteiger partial charge in [-0.2, -0.15) is 10.5 Å². The van der Waals surface area contributed by atoms with Crippen LogP contribution in [-0.4, -0.2) is 15.0 Å². The first-order chi connectivity index (χ1) is 29.2. The fourth-order valence-electron chi connectivity index (χ4n) is 12.5. The molecule has 2 heterocycles. The fraction of sp³-hybridized carbons (Fsp3) is 0.241. The van der Waals surface area contributed by atoms with Crippen molar-refractivity contribution in [2.75, 3.05) is 0 Å². The van der Waals surface area contributed by atoms with Crippen LogP contribution in [0.5, 0.6) is 0 Å². The van der Waals surface area contributed by atoms with Gasteiger partial charge in [-0.3, -0.25) is 0 Å². The van der Waals surface area contributed by atoms with Gasteiger partial charge in [-0.15, -0.1) is 11.3 Å². The number of benzene rings is 6. The maximum atomic E-state index is 9.75. The first-order valence-electron chi connectivity index (χ1n) is 21.2. The van der Waals surface area contributed by atoms with Crippen molar-refractivity contribution in [1.82, 2.24) is 15.0 Å². The molecule has 8 aromatic rings. The van der Waals surface area contributed by atoms with Crippen molar-refractivity contribution in [2.24, 2.45) is 11.8 Å². The van der Waals surface area contributed by atoms with E-state index in [9.17, 15) is 10.5 Å². The van der Waals surface area contributed by atoms with E-state index in [4.69, 9.17) is 15.0 Å². The standard InChI is InChI=1S/C54H41N5S/c1-52(2)44-10-6-9-43(48(44)42-19-12-32(29-55)22-45(42)52)51-58-49(36-7-4-3-5-8-36)57-50(59-51)37-13-15-38(16-14-37)53-25-34-21-35(26-53)28-54(27-34,31-53)39-17-20-41-40-18-11-33(30-56)23-46(40)60-47(41)24-39/h3-20,22-24,34-35H,21,25-28,31H2,1-2H3. The summed E-state index contributed by atoms with van der Waals surface area (Å²) in [5.74, 6) is 3.43. The van der Waals surface area contributed by atoms with Gasteiger partial charge >= 0.3 is 0 Å². The molecule has 0 amide bonds. The first-order valence-corrected chi connectivity index (χ1v) is 22.0. The maximum Gasteiger partial charge on any atom is 0.164 e. The van der Waals surface area contributed by atoms with Gasteiger partial charge in [0.25, 0.3) is 0 Å². The van der Waals surface area contributed by atoms with Crippen molar-refractivity contribution in [3.63, 3.8) is 0 Å². The highest BCUT2D eigenvalue weighted by molar-refractivity contribution is 7.25. The molecule has 60 heavy (non-hydrogen) atoms. The van der Waals surface area contributed by atoms with Crippen LogP contribution in [0.4, 0.5) is 0 Å². The number of rotatable bonds is 5. The number of nitrogens with zero attached hydrogens (tertiary/aromatic N) is 5. The van der Waals surface area contributed by atoms with Gasteiger partial charge in [-0.1, -0.05) is 111 Å². The largest absolute Gasteiger partial charge is 0.208 e. The third-order valence-corrected chi connectivity index (χ3v) is 15.9. The zero-order chi connectivity index (χ0) is 40.4. The minimum Gasteiger partial charge on any atom is -0.208 e. The van der Waals surface area contributed by atoms with E-state index in [-0.39, 0.29) is 16.2 Å². The van der Waals surface area contributed by atoms with E-state index in [0.717, 1.165) is 50.8 Å². The molecule has 2 aromatic heterocycles. The molecule has 4 bridgehead atoms. The lowest BCUT2D eigenvalue weighted by Gasteiger charge is -2.63. The van der Waals surface area contributed by atoms with Crippen molar-refractivity contribution < 1.29 is 0 Å². The summed E-state index contributed by atoms with van der Waals surface area (Å²) in [6.45, 7) is 4.47. The number of hydrogen-bond acceptors (Lipinski definition) is 6. The van der Waals surface area contributed by atoms with E-state index in [1.165, 1.54) is 75.4 Å². The second kappa shape index (κ2) is 12.8. The fourth-order valence-corrected chi connectivity index (χ4v) is 13.7. The Kier molecular flexibility index (Phi) is 7.55. The zero-order valence-corrected chi connectivity index (χ0v) is 34.5. The summed E-state index contributed by atoms with van der Waals surface area (Å²) in [5.41, 5.74) is 11.9.